The Labute approximate surface area is 101 Å². The fourth-order valence-electron chi connectivity index (χ4n) is 1.26. The van der Waals surface area contributed by atoms with E-state index in [4.69, 9.17) is 5.73 Å². The molecule has 5 heteroatoms. The fraction of sp³-hybridized carbons (Fsp3) is 0.333. The second-order valence-electron chi connectivity index (χ2n) is 3.18. The normalized spacial score (nSPS) is 10.9. The van der Waals surface area contributed by atoms with Gasteiger partial charge in [0.05, 0.1) is 17.4 Å². The maximum atomic E-state index is 5.66. The van der Waals surface area contributed by atoms with Crippen LogP contribution in [0, 0.1) is 6.92 Å². The van der Waals surface area contributed by atoms with Gasteiger partial charge in [-0.15, -0.1) is 0 Å². The minimum atomic E-state index is 0.403. The van der Waals surface area contributed by atoms with Crippen molar-refractivity contribution in [2.24, 2.45) is 10.7 Å². The smallest absolute Gasteiger partial charge is 0.144 e. The van der Waals surface area contributed by atoms with Gasteiger partial charge in [-0.1, -0.05) is 13.8 Å². The molecule has 2 rings (SSSR count). The minimum absolute atomic E-state index is 0.403. The first-order valence-electron chi connectivity index (χ1n) is 5.53. The van der Waals surface area contributed by atoms with Crippen molar-refractivity contribution >= 4 is 16.9 Å². The molecule has 0 saturated heterocycles. The number of amidine groups is 1. The summed E-state index contributed by atoms with van der Waals surface area (Å²) < 4.78 is 0. The number of aliphatic imine (C=N–C) groups is 1. The predicted octanol–water partition coefficient (Wildman–Crippen LogP) is 1.69. The van der Waals surface area contributed by atoms with Crippen molar-refractivity contribution in [2.75, 3.05) is 7.05 Å². The van der Waals surface area contributed by atoms with E-state index in [-0.39, 0.29) is 0 Å². The molecule has 0 spiro atoms. The summed E-state index contributed by atoms with van der Waals surface area (Å²) in [6.45, 7) is 5.89. The maximum absolute atomic E-state index is 5.66. The molecule has 2 heterocycles. The average Bonchev–Trinajstić information content (AvgIpc) is 2.39. The lowest BCUT2D eigenvalue weighted by atomic mass is 10.3. The van der Waals surface area contributed by atoms with E-state index >= 15 is 0 Å². The molecule has 5 nitrogen and oxygen atoms in total. The molecule has 0 fully saturated rings. The Balaban J connectivity index is 0.000000686. The molecule has 0 amide bonds. The van der Waals surface area contributed by atoms with Gasteiger partial charge >= 0.3 is 0 Å². The molecule has 0 saturated carbocycles. The summed E-state index contributed by atoms with van der Waals surface area (Å²) in [5.74, 6) is 0.403. The van der Waals surface area contributed by atoms with Crippen molar-refractivity contribution in [3.8, 4) is 0 Å². The van der Waals surface area contributed by atoms with Crippen molar-refractivity contribution in [1.29, 1.82) is 0 Å². The van der Waals surface area contributed by atoms with E-state index in [2.05, 4.69) is 19.9 Å². The third-order valence-electron chi connectivity index (χ3n) is 2.05. The number of hydrogen-bond acceptors (Lipinski definition) is 4. The molecule has 90 valence electrons. The highest BCUT2D eigenvalue weighted by atomic mass is 14.9. The van der Waals surface area contributed by atoms with Crippen molar-refractivity contribution < 1.29 is 0 Å². The SMILES string of the molecule is CC.CN=C(N)c1cc2nc(C)cnc2cn1. The zero-order valence-corrected chi connectivity index (χ0v) is 10.6. The summed E-state index contributed by atoms with van der Waals surface area (Å²) in [6, 6.07) is 1.79. The van der Waals surface area contributed by atoms with Crippen molar-refractivity contribution in [3.63, 3.8) is 0 Å². The van der Waals surface area contributed by atoms with Gasteiger partial charge in [-0.3, -0.25) is 15.0 Å². The summed E-state index contributed by atoms with van der Waals surface area (Å²) in [5, 5.41) is 0. The van der Waals surface area contributed by atoms with Crippen LogP contribution in [-0.2, 0) is 0 Å². The number of aryl methyl sites for hydroxylation is 1. The lowest BCUT2D eigenvalue weighted by molar-refractivity contribution is 1.16. The molecule has 17 heavy (non-hydrogen) atoms. The van der Waals surface area contributed by atoms with Crippen LogP contribution in [0.15, 0.2) is 23.5 Å². The Bertz CT molecular complexity index is 533. The van der Waals surface area contributed by atoms with E-state index < -0.39 is 0 Å². The highest BCUT2D eigenvalue weighted by Crippen LogP contribution is 2.09. The van der Waals surface area contributed by atoms with Gasteiger partial charge in [0.25, 0.3) is 0 Å². The predicted molar refractivity (Wildman–Crippen MR) is 70.1 cm³/mol. The largest absolute Gasteiger partial charge is 0.382 e. The average molecular weight is 231 g/mol. The number of fused-ring (bicyclic) bond motifs is 1. The number of aromatic nitrogens is 3. The fourth-order valence-corrected chi connectivity index (χ4v) is 1.26. The van der Waals surface area contributed by atoms with Crippen LogP contribution in [-0.4, -0.2) is 27.8 Å². The molecule has 0 atom stereocenters. The number of nitrogens with zero attached hydrogens (tertiary/aromatic N) is 4. The molecular formula is C12H17N5. The van der Waals surface area contributed by atoms with Gasteiger partial charge < -0.3 is 5.73 Å². The van der Waals surface area contributed by atoms with Gasteiger partial charge in [0.15, 0.2) is 0 Å². The number of nitrogens with two attached hydrogens (primary N) is 1. The van der Waals surface area contributed by atoms with Gasteiger partial charge in [-0.2, -0.15) is 0 Å². The zero-order chi connectivity index (χ0) is 12.8. The van der Waals surface area contributed by atoms with Gasteiger partial charge in [0.1, 0.15) is 17.0 Å². The van der Waals surface area contributed by atoms with Gasteiger partial charge in [0.2, 0.25) is 0 Å². The van der Waals surface area contributed by atoms with Crippen LogP contribution in [0.1, 0.15) is 25.2 Å². The molecule has 0 aliphatic carbocycles. The first kappa shape index (κ1) is 13.0. The molecule has 2 aromatic rings. The number of pyridine rings is 1. The first-order chi connectivity index (χ1) is 8.20. The van der Waals surface area contributed by atoms with Crippen LogP contribution in [0.3, 0.4) is 0 Å². The second-order valence-corrected chi connectivity index (χ2v) is 3.18. The Morgan fingerprint density at radius 3 is 2.53 bits per heavy atom. The molecule has 0 aliphatic rings. The molecule has 0 bridgehead atoms. The van der Waals surface area contributed by atoms with Crippen LogP contribution in [0.4, 0.5) is 0 Å². The zero-order valence-electron chi connectivity index (χ0n) is 10.6. The monoisotopic (exact) mass is 231 g/mol. The van der Waals surface area contributed by atoms with Crippen LogP contribution < -0.4 is 5.73 Å². The Morgan fingerprint density at radius 2 is 1.88 bits per heavy atom. The lowest BCUT2D eigenvalue weighted by Crippen LogP contribution is -2.14. The van der Waals surface area contributed by atoms with Gasteiger partial charge in [0, 0.05) is 13.2 Å². The molecule has 0 radical (unpaired) electrons. The molecule has 2 N–H and O–H groups in total. The number of rotatable bonds is 1. The van der Waals surface area contributed by atoms with E-state index in [0.717, 1.165) is 16.7 Å². The van der Waals surface area contributed by atoms with Crippen LogP contribution >= 0.6 is 0 Å². The highest BCUT2D eigenvalue weighted by molar-refractivity contribution is 5.97. The Morgan fingerprint density at radius 1 is 1.18 bits per heavy atom. The summed E-state index contributed by atoms with van der Waals surface area (Å²) in [4.78, 5) is 16.6. The second kappa shape index (κ2) is 5.89. The van der Waals surface area contributed by atoms with Gasteiger partial charge in [-0.05, 0) is 13.0 Å². The topological polar surface area (TPSA) is 77.0 Å². The van der Waals surface area contributed by atoms with E-state index in [0.29, 0.717) is 11.5 Å². The summed E-state index contributed by atoms with van der Waals surface area (Å²) in [5.41, 5.74) is 8.70. The van der Waals surface area contributed by atoms with Gasteiger partial charge in [-0.25, -0.2) is 4.98 Å². The lowest BCUT2D eigenvalue weighted by Gasteiger charge is -2.01. The maximum Gasteiger partial charge on any atom is 0.144 e. The van der Waals surface area contributed by atoms with Crippen molar-refractivity contribution in [3.05, 3.63) is 29.8 Å². The number of hydrogen-bond donors (Lipinski definition) is 1. The van der Waals surface area contributed by atoms with E-state index in [1.165, 1.54) is 0 Å². The summed E-state index contributed by atoms with van der Waals surface area (Å²) in [7, 11) is 1.63. The Kier molecular flexibility index (Phi) is 4.51. The summed E-state index contributed by atoms with van der Waals surface area (Å²) in [6.07, 6.45) is 3.36. The van der Waals surface area contributed by atoms with E-state index in [1.807, 2.05) is 20.8 Å². The highest BCUT2D eigenvalue weighted by Gasteiger charge is 2.03. The summed E-state index contributed by atoms with van der Waals surface area (Å²) >= 11 is 0. The molecule has 2 aromatic heterocycles. The van der Waals surface area contributed by atoms with E-state index in [1.54, 1.807) is 25.5 Å². The third-order valence-corrected chi connectivity index (χ3v) is 2.05. The molecular weight excluding hydrogens is 214 g/mol. The minimum Gasteiger partial charge on any atom is -0.382 e. The Hall–Kier alpha value is -2.04. The molecule has 0 unspecified atom stereocenters. The van der Waals surface area contributed by atoms with Crippen LogP contribution in [0.25, 0.3) is 11.0 Å². The standard InChI is InChI=1S/C10H11N5.C2H6/c1-6-4-13-9-5-14-8(10(11)12-2)3-7(9)15-6;1-2/h3-5H,1-2H3,(H2,11,12);1-2H3. The molecule has 0 aliphatic heterocycles. The first-order valence-corrected chi connectivity index (χ1v) is 5.53. The van der Waals surface area contributed by atoms with Crippen LogP contribution in [0.5, 0.6) is 0 Å². The quantitative estimate of drug-likeness (QED) is 0.598. The third kappa shape index (κ3) is 2.96. The van der Waals surface area contributed by atoms with Crippen LogP contribution in [0.2, 0.25) is 0 Å². The van der Waals surface area contributed by atoms with Crippen molar-refractivity contribution in [2.45, 2.75) is 20.8 Å². The molecule has 0 aromatic carbocycles. The van der Waals surface area contributed by atoms with Crippen molar-refractivity contribution in [1.82, 2.24) is 15.0 Å². The van der Waals surface area contributed by atoms with E-state index in [9.17, 15) is 0 Å².